The Morgan fingerprint density at radius 3 is 2.89 bits per heavy atom. The molecule has 1 N–H and O–H groups in total. The van der Waals surface area contributed by atoms with Gasteiger partial charge in [0.25, 0.3) is 0 Å². The lowest BCUT2D eigenvalue weighted by Gasteiger charge is -2.35. The Hall–Kier alpha value is -0.830. The maximum Gasteiger partial charge on any atom is 0.142 e. The number of ether oxygens (including phenoxy) is 1. The van der Waals surface area contributed by atoms with Gasteiger partial charge in [0.05, 0.1) is 12.3 Å². The summed E-state index contributed by atoms with van der Waals surface area (Å²) in [5, 5.41) is 3.64. The summed E-state index contributed by atoms with van der Waals surface area (Å²) in [5.41, 5.74) is 1.56. The summed E-state index contributed by atoms with van der Waals surface area (Å²) in [6, 6.07) is 8.77. The van der Waals surface area contributed by atoms with E-state index in [1.807, 2.05) is 30.8 Å². The SMILES string of the molecule is CCOc1ccccc1NC1CSCC(C)(C)C1. The van der Waals surface area contributed by atoms with E-state index in [9.17, 15) is 0 Å². The number of thioether (sulfide) groups is 1. The van der Waals surface area contributed by atoms with Gasteiger partial charge in [-0.3, -0.25) is 0 Å². The fourth-order valence-electron chi connectivity index (χ4n) is 2.44. The van der Waals surface area contributed by atoms with Crippen molar-refractivity contribution in [1.82, 2.24) is 0 Å². The van der Waals surface area contributed by atoms with Crippen molar-refractivity contribution >= 4 is 17.4 Å². The Bertz CT molecular complexity index is 392. The molecule has 2 nitrogen and oxygen atoms in total. The fraction of sp³-hybridized carbons (Fsp3) is 0.600. The molecule has 0 aliphatic carbocycles. The van der Waals surface area contributed by atoms with Gasteiger partial charge in [0.15, 0.2) is 0 Å². The second-order valence-corrected chi connectivity index (χ2v) is 6.68. The molecule has 1 aliphatic heterocycles. The summed E-state index contributed by atoms with van der Waals surface area (Å²) in [7, 11) is 0. The van der Waals surface area contributed by atoms with Crippen molar-refractivity contribution in [2.24, 2.45) is 5.41 Å². The minimum absolute atomic E-state index is 0.432. The van der Waals surface area contributed by atoms with E-state index in [0.29, 0.717) is 18.1 Å². The van der Waals surface area contributed by atoms with Crippen LogP contribution in [-0.2, 0) is 0 Å². The number of hydrogen-bond acceptors (Lipinski definition) is 3. The van der Waals surface area contributed by atoms with Gasteiger partial charge in [0, 0.05) is 11.8 Å². The molecule has 100 valence electrons. The number of rotatable bonds is 4. The first-order valence-electron chi connectivity index (χ1n) is 6.67. The molecule has 1 unspecified atom stereocenters. The number of para-hydroxylation sites is 2. The zero-order valence-corrected chi connectivity index (χ0v) is 12.3. The van der Waals surface area contributed by atoms with Gasteiger partial charge in [-0.15, -0.1) is 0 Å². The molecule has 1 saturated heterocycles. The molecule has 0 amide bonds. The average molecular weight is 265 g/mol. The Balaban J connectivity index is 2.04. The van der Waals surface area contributed by atoms with Crippen molar-refractivity contribution in [2.75, 3.05) is 23.4 Å². The van der Waals surface area contributed by atoms with Crippen LogP contribution in [0.2, 0.25) is 0 Å². The number of nitrogens with one attached hydrogen (secondary N) is 1. The molecule has 0 aromatic heterocycles. The van der Waals surface area contributed by atoms with E-state index in [-0.39, 0.29) is 0 Å². The molecule has 0 spiro atoms. The third kappa shape index (κ3) is 3.58. The molecule has 1 aromatic carbocycles. The van der Waals surface area contributed by atoms with Crippen LogP contribution < -0.4 is 10.1 Å². The molecule has 1 aromatic rings. The third-order valence-corrected chi connectivity index (χ3v) is 4.78. The van der Waals surface area contributed by atoms with Gasteiger partial charge in [-0.2, -0.15) is 11.8 Å². The van der Waals surface area contributed by atoms with Gasteiger partial charge in [-0.25, -0.2) is 0 Å². The van der Waals surface area contributed by atoms with Crippen molar-refractivity contribution in [3.05, 3.63) is 24.3 Å². The fourth-order valence-corrected chi connectivity index (χ4v) is 3.72. The Labute approximate surface area is 114 Å². The normalized spacial score (nSPS) is 22.5. The first-order valence-corrected chi connectivity index (χ1v) is 7.82. The quantitative estimate of drug-likeness (QED) is 0.888. The molecule has 0 radical (unpaired) electrons. The second-order valence-electron chi connectivity index (χ2n) is 5.65. The van der Waals surface area contributed by atoms with Gasteiger partial charge in [0.2, 0.25) is 0 Å². The number of benzene rings is 1. The monoisotopic (exact) mass is 265 g/mol. The van der Waals surface area contributed by atoms with Gasteiger partial charge in [0.1, 0.15) is 5.75 Å². The van der Waals surface area contributed by atoms with Crippen molar-refractivity contribution in [3.63, 3.8) is 0 Å². The van der Waals surface area contributed by atoms with Crippen molar-refractivity contribution in [1.29, 1.82) is 0 Å². The van der Waals surface area contributed by atoms with Gasteiger partial charge in [-0.05, 0) is 36.6 Å². The molecular weight excluding hydrogens is 242 g/mol. The molecule has 1 atom stereocenters. The molecular formula is C15H23NOS. The molecule has 1 fully saturated rings. The van der Waals surface area contributed by atoms with Crippen LogP contribution in [0.5, 0.6) is 5.75 Å². The average Bonchev–Trinajstić information content (AvgIpc) is 2.31. The Morgan fingerprint density at radius 2 is 2.17 bits per heavy atom. The summed E-state index contributed by atoms with van der Waals surface area (Å²) < 4.78 is 5.66. The largest absolute Gasteiger partial charge is 0.492 e. The lowest BCUT2D eigenvalue weighted by Crippen LogP contribution is -2.35. The summed E-state index contributed by atoms with van der Waals surface area (Å²) in [6.07, 6.45) is 1.22. The Morgan fingerprint density at radius 1 is 1.39 bits per heavy atom. The van der Waals surface area contributed by atoms with Crippen LogP contribution in [0.4, 0.5) is 5.69 Å². The van der Waals surface area contributed by atoms with E-state index in [4.69, 9.17) is 4.74 Å². The van der Waals surface area contributed by atoms with E-state index < -0.39 is 0 Å². The van der Waals surface area contributed by atoms with E-state index in [1.54, 1.807) is 0 Å². The van der Waals surface area contributed by atoms with Crippen LogP contribution in [0.15, 0.2) is 24.3 Å². The van der Waals surface area contributed by atoms with E-state index in [0.717, 1.165) is 11.4 Å². The molecule has 0 bridgehead atoms. The van der Waals surface area contributed by atoms with E-state index in [2.05, 4.69) is 31.3 Å². The van der Waals surface area contributed by atoms with Gasteiger partial charge < -0.3 is 10.1 Å². The van der Waals surface area contributed by atoms with Crippen molar-refractivity contribution in [3.8, 4) is 5.75 Å². The zero-order chi connectivity index (χ0) is 13.0. The number of hydrogen-bond donors (Lipinski definition) is 1. The first kappa shape index (κ1) is 13.6. The molecule has 1 aliphatic rings. The lowest BCUT2D eigenvalue weighted by molar-refractivity contribution is 0.338. The summed E-state index contributed by atoms with van der Waals surface area (Å²) >= 11 is 2.05. The highest BCUT2D eigenvalue weighted by atomic mass is 32.2. The van der Waals surface area contributed by atoms with E-state index >= 15 is 0 Å². The highest BCUT2D eigenvalue weighted by Gasteiger charge is 2.28. The second kappa shape index (κ2) is 5.87. The molecule has 3 heteroatoms. The van der Waals surface area contributed by atoms with Gasteiger partial charge >= 0.3 is 0 Å². The standard InChI is InChI=1S/C15H23NOS/c1-4-17-14-8-6-5-7-13(14)16-12-9-15(2,3)11-18-10-12/h5-8,12,16H,4,9-11H2,1-3H3. The van der Waals surface area contributed by atoms with Crippen molar-refractivity contribution < 1.29 is 4.74 Å². The third-order valence-electron chi connectivity index (χ3n) is 3.16. The lowest BCUT2D eigenvalue weighted by atomic mass is 9.88. The molecule has 2 rings (SSSR count). The van der Waals surface area contributed by atoms with Crippen LogP contribution >= 0.6 is 11.8 Å². The van der Waals surface area contributed by atoms with Crippen LogP contribution in [0.25, 0.3) is 0 Å². The first-order chi connectivity index (χ1) is 8.61. The summed E-state index contributed by atoms with van der Waals surface area (Å²) in [5.74, 6) is 3.41. The predicted molar refractivity (Wildman–Crippen MR) is 80.7 cm³/mol. The number of anilines is 1. The zero-order valence-electron chi connectivity index (χ0n) is 11.5. The maximum absolute atomic E-state index is 5.66. The topological polar surface area (TPSA) is 21.3 Å². The molecule has 1 heterocycles. The van der Waals surface area contributed by atoms with Crippen LogP contribution in [0.1, 0.15) is 27.2 Å². The smallest absolute Gasteiger partial charge is 0.142 e. The summed E-state index contributed by atoms with van der Waals surface area (Å²) in [4.78, 5) is 0. The van der Waals surface area contributed by atoms with Crippen LogP contribution in [0, 0.1) is 5.41 Å². The minimum atomic E-state index is 0.432. The van der Waals surface area contributed by atoms with Gasteiger partial charge in [-0.1, -0.05) is 26.0 Å². The highest BCUT2D eigenvalue weighted by molar-refractivity contribution is 7.99. The summed E-state index contributed by atoms with van der Waals surface area (Å²) in [6.45, 7) is 7.44. The van der Waals surface area contributed by atoms with E-state index in [1.165, 1.54) is 17.9 Å². The molecule has 18 heavy (non-hydrogen) atoms. The minimum Gasteiger partial charge on any atom is -0.492 e. The van der Waals surface area contributed by atoms with Crippen LogP contribution in [-0.4, -0.2) is 24.2 Å². The van der Waals surface area contributed by atoms with Crippen molar-refractivity contribution in [2.45, 2.75) is 33.2 Å². The maximum atomic E-state index is 5.66. The van der Waals surface area contributed by atoms with Crippen LogP contribution in [0.3, 0.4) is 0 Å². The Kier molecular flexibility index (Phi) is 4.44. The predicted octanol–water partition coefficient (Wildman–Crippen LogP) is 4.03. The highest BCUT2D eigenvalue weighted by Crippen LogP contribution is 2.36. The molecule has 0 saturated carbocycles.